The van der Waals surface area contributed by atoms with Crippen molar-refractivity contribution in [3.63, 3.8) is 0 Å². The lowest BCUT2D eigenvalue weighted by Crippen LogP contribution is -2.33. The second kappa shape index (κ2) is 4.77. The van der Waals surface area contributed by atoms with Crippen LogP contribution in [0, 0.1) is 0 Å². The molecule has 0 saturated carbocycles. The van der Waals surface area contributed by atoms with Crippen LogP contribution in [0.3, 0.4) is 0 Å². The van der Waals surface area contributed by atoms with Gasteiger partial charge >= 0.3 is 0 Å². The minimum absolute atomic E-state index is 0.210. The fourth-order valence-electron chi connectivity index (χ4n) is 3.16. The highest BCUT2D eigenvalue weighted by molar-refractivity contribution is 7.92. The van der Waals surface area contributed by atoms with Crippen LogP contribution in [0.15, 0.2) is 48.5 Å². The molecule has 0 spiro atoms. The number of hydrogen-bond acceptors (Lipinski definition) is 4. The maximum atomic E-state index is 12.8. The van der Waals surface area contributed by atoms with Crippen LogP contribution in [0.2, 0.25) is 0 Å². The molecular weight excluding hydrogens is 284 g/mol. The molecule has 1 aliphatic heterocycles. The molecule has 0 unspecified atom stereocenters. The first-order valence-corrected chi connectivity index (χ1v) is 8.55. The van der Waals surface area contributed by atoms with Crippen LogP contribution < -0.4 is 11.5 Å². The minimum Gasteiger partial charge on any atom is -0.399 e. The Labute approximate surface area is 124 Å². The highest BCUT2D eigenvalue weighted by Gasteiger charge is 2.50. The van der Waals surface area contributed by atoms with Gasteiger partial charge in [0.25, 0.3) is 0 Å². The van der Waals surface area contributed by atoms with Crippen molar-refractivity contribution in [2.75, 3.05) is 17.2 Å². The van der Waals surface area contributed by atoms with Crippen LogP contribution in [-0.2, 0) is 14.6 Å². The zero-order valence-corrected chi connectivity index (χ0v) is 12.4. The summed E-state index contributed by atoms with van der Waals surface area (Å²) in [4.78, 5) is 0. The molecule has 110 valence electrons. The second-order valence-corrected chi connectivity index (χ2v) is 7.83. The van der Waals surface area contributed by atoms with Gasteiger partial charge in [0.2, 0.25) is 0 Å². The molecule has 4 N–H and O–H groups in total. The van der Waals surface area contributed by atoms with Crippen LogP contribution in [0.4, 0.5) is 11.4 Å². The van der Waals surface area contributed by atoms with Crippen molar-refractivity contribution in [1.82, 2.24) is 0 Å². The summed E-state index contributed by atoms with van der Waals surface area (Å²) in [6.45, 7) is 0. The molecule has 1 aliphatic rings. The van der Waals surface area contributed by atoms with Gasteiger partial charge in [-0.05, 0) is 48.2 Å². The molecule has 0 radical (unpaired) electrons. The lowest BCUT2D eigenvalue weighted by molar-refractivity contribution is 0.565. The van der Waals surface area contributed by atoms with Crippen molar-refractivity contribution < 1.29 is 8.42 Å². The van der Waals surface area contributed by atoms with E-state index in [0.717, 1.165) is 11.1 Å². The Balaban J connectivity index is 2.26. The number of hydrogen-bond donors (Lipinski definition) is 2. The van der Waals surface area contributed by atoms with Crippen LogP contribution in [0.5, 0.6) is 0 Å². The Morgan fingerprint density at radius 3 is 1.57 bits per heavy atom. The molecule has 0 aromatic heterocycles. The summed E-state index contributed by atoms with van der Waals surface area (Å²) in [6, 6.07) is 14.3. The third-order valence-corrected chi connectivity index (χ3v) is 6.79. The number of nitrogens with two attached hydrogens (primary N) is 2. The van der Waals surface area contributed by atoms with E-state index in [-0.39, 0.29) is 5.75 Å². The molecule has 1 saturated heterocycles. The Hall–Kier alpha value is -2.01. The summed E-state index contributed by atoms with van der Waals surface area (Å²) < 4.78 is 24.6. The first-order valence-electron chi connectivity index (χ1n) is 6.90. The highest BCUT2D eigenvalue weighted by Crippen LogP contribution is 2.47. The lowest BCUT2D eigenvalue weighted by atomic mass is 9.86. The Bertz CT molecular complexity index is 704. The average molecular weight is 302 g/mol. The molecule has 1 heterocycles. The van der Waals surface area contributed by atoms with E-state index >= 15 is 0 Å². The van der Waals surface area contributed by atoms with Crippen molar-refractivity contribution in [3.8, 4) is 0 Å². The van der Waals surface area contributed by atoms with Gasteiger partial charge in [0.05, 0.1) is 5.75 Å². The van der Waals surface area contributed by atoms with Gasteiger partial charge in [0, 0.05) is 11.4 Å². The number of rotatable bonds is 2. The fourth-order valence-corrected chi connectivity index (χ4v) is 5.48. The van der Waals surface area contributed by atoms with Crippen molar-refractivity contribution in [2.24, 2.45) is 0 Å². The molecule has 3 rings (SSSR count). The zero-order valence-electron chi connectivity index (χ0n) is 11.6. The summed E-state index contributed by atoms with van der Waals surface area (Å²) in [5.41, 5.74) is 14.3. The summed E-state index contributed by atoms with van der Waals surface area (Å²) in [5, 5.41) is 0. The molecule has 0 atom stereocenters. The Kier molecular flexibility index (Phi) is 3.17. The number of nitrogen functional groups attached to an aromatic ring is 2. The van der Waals surface area contributed by atoms with Gasteiger partial charge in [-0.1, -0.05) is 24.3 Å². The average Bonchev–Trinajstić information content (AvgIpc) is 2.77. The van der Waals surface area contributed by atoms with Crippen molar-refractivity contribution in [2.45, 2.75) is 17.6 Å². The molecular formula is C16H18N2O2S. The van der Waals surface area contributed by atoms with Crippen LogP contribution >= 0.6 is 0 Å². The number of benzene rings is 2. The van der Waals surface area contributed by atoms with E-state index in [4.69, 9.17) is 11.5 Å². The monoisotopic (exact) mass is 302 g/mol. The molecule has 0 bridgehead atoms. The third kappa shape index (κ3) is 2.08. The maximum absolute atomic E-state index is 12.8. The summed E-state index contributed by atoms with van der Waals surface area (Å²) in [5.74, 6) is 0.210. The largest absolute Gasteiger partial charge is 0.399 e. The fraction of sp³-hybridized carbons (Fsp3) is 0.250. The molecule has 0 amide bonds. The van der Waals surface area contributed by atoms with E-state index < -0.39 is 14.6 Å². The first-order chi connectivity index (χ1) is 9.96. The first kappa shape index (κ1) is 13.9. The standard InChI is InChI=1S/C16H18N2O2S/c17-14-6-2-12(3-7-14)16(10-1-11-21(16,19)20)13-4-8-15(18)9-5-13/h2-9H,1,10-11,17-18H2. The van der Waals surface area contributed by atoms with Crippen LogP contribution in [-0.4, -0.2) is 14.2 Å². The topological polar surface area (TPSA) is 86.2 Å². The summed E-state index contributed by atoms with van der Waals surface area (Å²) in [7, 11) is -3.26. The van der Waals surface area contributed by atoms with Gasteiger partial charge in [0.15, 0.2) is 9.84 Å². The van der Waals surface area contributed by atoms with Crippen LogP contribution in [0.1, 0.15) is 24.0 Å². The third-order valence-electron chi connectivity index (χ3n) is 4.23. The number of sulfone groups is 1. The molecule has 5 heteroatoms. The molecule has 2 aromatic rings. The van der Waals surface area contributed by atoms with Crippen molar-refractivity contribution >= 4 is 21.2 Å². The minimum atomic E-state index is -3.26. The molecule has 4 nitrogen and oxygen atoms in total. The van der Waals surface area contributed by atoms with Gasteiger partial charge in [-0.3, -0.25) is 0 Å². The van der Waals surface area contributed by atoms with E-state index in [1.54, 1.807) is 24.3 Å². The molecule has 2 aromatic carbocycles. The predicted octanol–water partition coefficient (Wildman–Crippen LogP) is 2.30. The van der Waals surface area contributed by atoms with E-state index in [9.17, 15) is 8.42 Å². The van der Waals surface area contributed by atoms with Gasteiger partial charge in [-0.25, -0.2) is 8.42 Å². The molecule has 1 fully saturated rings. The molecule has 0 aliphatic carbocycles. The second-order valence-electron chi connectivity index (χ2n) is 5.49. The summed E-state index contributed by atoms with van der Waals surface area (Å²) >= 11 is 0. The van der Waals surface area contributed by atoms with E-state index in [1.807, 2.05) is 24.3 Å². The normalized spacial score (nSPS) is 19.4. The lowest BCUT2D eigenvalue weighted by Gasteiger charge is -2.29. The SMILES string of the molecule is Nc1ccc(C2(c3ccc(N)cc3)CCCS2(=O)=O)cc1. The van der Waals surface area contributed by atoms with Crippen LogP contribution in [0.25, 0.3) is 0 Å². The van der Waals surface area contributed by atoms with Gasteiger partial charge < -0.3 is 11.5 Å². The van der Waals surface area contributed by atoms with E-state index in [0.29, 0.717) is 24.2 Å². The number of anilines is 2. The van der Waals surface area contributed by atoms with E-state index in [2.05, 4.69) is 0 Å². The Morgan fingerprint density at radius 2 is 1.24 bits per heavy atom. The summed E-state index contributed by atoms with van der Waals surface area (Å²) in [6.07, 6.45) is 1.25. The van der Waals surface area contributed by atoms with Crippen molar-refractivity contribution in [1.29, 1.82) is 0 Å². The molecule has 21 heavy (non-hydrogen) atoms. The van der Waals surface area contributed by atoms with Gasteiger partial charge in [-0.2, -0.15) is 0 Å². The quantitative estimate of drug-likeness (QED) is 0.833. The smallest absolute Gasteiger partial charge is 0.164 e. The van der Waals surface area contributed by atoms with Gasteiger partial charge in [0.1, 0.15) is 4.75 Å². The van der Waals surface area contributed by atoms with Crippen molar-refractivity contribution in [3.05, 3.63) is 59.7 Å². The maximum Gasteiger partial charge on any atom is 0.164 e. The van der Waals surface area contributed by atoms with Gasteiger partial charge in [-0.15, -0.1) is 0 Å². The highest BCUT2D eigenvalue weighted by atomic mass is 32.2. The zero-order chi connectivity index (χ0) is 15.1. The Morgan fingerprint density at radius 1 is 0.810 bits per heavy atom. The van der Waals surface area contributed by atoms with E-state index in [1.165, 1.54) is 0 Å². The predicted molar refractivity (Wildman–Crippen MR) is 85.5 cm³/mol.